The monoisotopic (exact) mass is 362 g/mol. The lowest BCUT2D eigenvalue weighted by molar-refractivity contribution is 0.0600. The summed E-state index contributed by atoms with van der Waals surface area (Å²) in [6.45, 7) is 3.78. The molecular weight excluding hydrogens is 344 g/mol. The van der Waals surface area contributed by atoms with E-state index < -0.39 is 12.0 Å². The van der Waals surface area contributed by atoms with Crippen LogP contribution in [0.2, 0.25) is 5.02 Å². The van der Waals surface area contributed by atoms with E-state index in [0.29, 0.717) is 22.0 Å². The zero-order valence-corrected chi connectivity index (χ0v) is 14.9. The molecule has 0 fully saturated rings. The van der Waals surface area contributed by atoms with Crippen LogP contribution in [0.25, 0.3) is 0 Å². The number of amides is 2. The lowest BCUT2D eigenvalue weighted by atomic mass is 10.1. The second kappa shape index (κ2) is 8.39. The first-order valence-electron chi connectivity index (χ1n) is 7.53. The van der Waals surface area contributed by atoms with Gasteiger partial charge < -0.3 is 20.1 Å². The number of aryl methyl sites for hydroxylation is 2. The fourth-order valence-electron chi connectivity index (χ4n) is 2.16. The third-order valence-corrected chi connectivity index (χ3v) is 4.04. The van der Waals surface area contributed by atoms with Crippen molar-refractivity contribution in [1.29, 1.82) is 0 Å². The van der Waals surface area contributed by atoms with Crippen molar-refractivity contribution >= 4 is 29.3 Å². The van der Waals surface area contributed by atoms with E-state index in [4.69, 9.17) is 16.3 Å². The summed E-state index contributed by atoms with van der Waals surface area (Å²) in [5, 5.41) is 5.93. The van der Waals surface area contributed by atoms with Crippen LogP contribution < -0.4 is 15.4 Å². The molecule has 0 saturated carbocycles. The van der Waals surface area contributed by atoms with E-state index in [-0.39, 0.29) is 6.73 Å². The minimum Gasteiger partial charge on any atom is -0.473 e. The number of hydrogen-bond acceptors (Lipinski definition) is 4. The number of benzene rings is 2. The van der Waals surface area contributed by atoms with Crippen LogP contribution in [0.15, 0.2) is 36.4 Å². The summed E-state index contributed by atoms with van der Waals surface area (Å²) in [4.78, 5) is 23.2. The van der Waals surface area contributed by atoms with Crippen molar-refractivity contribution in [1.82, 2.24) is 5.32 Å². The molecule has 0 spiro atoms. The highest BCUT2D eigenvalue weighted by atomic mass is 35.5. The Morgan fingerprint density at radius 2 is 1.68 bits per heavy atom. The molecule has 7 heteroatoms. The number of methoxy groups -OCH3 is 1. The maximum absolute atomic E-state index is 11.9. The predicted molar refractivity (Wildman–Crippen MR) is 96.4 cm³/mol. The van der Waals surface area contributed by atoms with Gasteiger partial charge in [-0.3, -0.25) is 0 Å². The highest BCUT2D eigenvalue weighted by molar-refractivity contribution is 6.32. The molecule has 2 N–H and O–H groups in total. The van der Waals surface area contributed by atoms with Gasteiger partial charge in [-0.25, -0.2) is 9.59 Å². The van der Waals surface area contributed by atoms with Gasteiger partial charge in [-0.05, 0) is 61.4 Å². The Hall–Kier alpha value is -2.73. The third kappa shape index (κ3) is 5.12. The molecule has 0 aliphatic heterocycles. The minimum atomic E-state index is -0.432. The summed E-state index contributed by atoms with van der Waals surface area (Å²) in [6.07, 6.45) is 0. The molecule has 2 amide bonds. The van der Waals surface area contributed by atoms with Gasteiger partial charge >= 0.3 is 12.0 Å². The number of esters is 1. The van der Waals surface area contributed by atoms with Gasteiger partial charge in [0.15, 0.2) is 6.73 Å². The second-order valence-corrected chi connectivity index (χ2v) is 5.74. The zero-order chi connectivity index (χ0) is 18.4. The van der Waals surface area contributed by atoms with Crippen LogP contribution in [-0.2, 0) is 4.74 Å². The largest absolute Gasteiger partial charge is 0.473 e. The molecule has 2 aromatic rings. The average Bonchev–Trinajstić information content (AvgIpc) is 2.59. The Kier molecular flexibility index (Phi) is 6.25. The van der Waals surface area contributed by atoms with Crippen LogP contribution in [0.3, 0.4) is 0 Å². The number of urea groups is 1. The number of carbonyl (C=O) groups excluding carboxylic acids is 2. The van der Waals surface area contributed by atoms with Gasteiger partial charge in [0.25, 0.3) is 0 Å². The van der Waals surface area contributed by atoms with Crippen LogP contribution in [0.5, 0.6) is 5.75 Å². The van der Waals surface area contributed by atoms with Gasteiger partial charge in [-0.15, -0.1) is 0 Å². The molecule has 0 bridgehead atoms. The lowest BCUT2D eigenvalue weighted by Gasteiger charge is -2.11. The Morgan fingerprint density at radius 3 is 2.24 bits per heavy atom. The molecule has 132 valence electrons. The van der Waals surface area contributed by atoms with Crippen LogP contribution in [-0.4, -0.2) is 25.8 Å². The first kappa shape index (κ1) is 18.6. The molecule has 2 rings (SSSR count). The summed E-state index contributed by atoms with van der Waals surface area (Å²) < 4.78 is 10.1. The summed E-state index contributed by atoms with van der Waals surface area (Å²) in [5.74, 6) is 0.195. The Morgan fingerprint density at radius 1 is 1.08 bits per heavy atom. The van der Waals surface area contributed by atoms with Crippen molar-refractivity contribution in [2.75, 3.05) is 19.2 Å². The standard InChI is InChI=1S/C18H19ClN2O4/c1-11-8-15(9-12(2)16(11)19)25-10-20-18(23)21-14-6-4-13(5-7-14)17(22)24-3/h4-9H,10H2,1-3H3,(H2,20,21,23). The molecule has 0 unspecified atom stereocenters. The third-order valence-electron chi connectivity index (χ3n) is 3.45. The van der Waals surface area contributed by atoms with E-state index in [0.717, 1.165) is 11.1 Å². The summed E-state index contributed by atoms with van der Waals surface area (Å²) in [7, 11) is 1.31. The first-order valence-corrected chi connectivity index (χ1v) is 7.91. The number of carbonyl (C=O) groups is 2. The lowest BCUT2D eigenvalue weighted by Crippen LogP contribution is -2.32. The maximum Gasteiger partial charge on any atom is 0.337 e. The van der Waals surface area contributed by atoms with Crippen LogP contribution in [0, 0.1) is 13.8 Å². The average molecular weight is 363 g/mol. The summed E-state index contributed by atoms with van der Waals surface area (Å²) in [5.41, 5.74) is 2.77. The van der Waals surface area contributed by atoms with Gasteiger partial charge in [0, 0.05) is 10.7 Å². The molecule has 0 aliphatic rings. The van der Waals surface area contributed by atoms with Crippen molar-refractivity contribution in [3.05, 3.63) is 58.1 Å². The highest BCUT2D eigenvalue weighted by Crippen LogP contribution is 2.25. The normalized spacial score (nSPS) is 10.1. The number of rotatable bonds is 5. The zero-order valence-electron chi connectivity index (χ0n) is 14.2. The Labute approximate surface area is 151 Å². The molecular formula is C18H19ClN2O4. The number of hydrogen-bond donors (Lipinski definition) is 2. The van der Waals surface area contributed by atoms with Crippen LogP contribution >= 0.6 is 11.6 Å². The molecule has 0 aromatic heterocycles. The van der Waals surface area contributed by atoms with Gasteiger partial charge in [-0.2, -0.15) is 0 Å². The summed E-state index contributed by atoms with van der Waals surface area (Å²) in [6, 6.07) is 9.54. The Bertz CT molecular complexity index is 752. The van der Waals surface area contributed by atoms with Crippen LogP contribution in [0.1, 0.15) is 21.5 Å². The summed E-state index contributed by atoms with van der Waals surface area (Å²) >= 11 is 6.10. The molecule has 6 nitrogen and oxygen atoms in total. The molecule has 25 heavy (non-hydrogen) atoms. The number of halogens is 1. The second-order valence-electron chi connectivity index (χ2n) is 5.36. The van der Waals surface area contributed by atoms with E-state index in [1.54, 1.807) is 36.4 Å². The smallest absolute Gasteiger partial charge is 0.337 e. The van der Waals surface area contributed by atoms with Gasteiger partial charge in [0.05, 0.1) is 12.7 Å². The van der Waals surface area contributed by atoms with Crippen molar-refractivity contribution < 1.29 is 19.1 Å². The molecule has 0 saturated heterocycles. The van der Waals surface area contributed by atoms with E-state index in [1.165, 1.54) is 7.11 Å². The fourth-order valence-corrected chi connectivity index (χ4v) is 2.27. The highest BCUT2D eigenvalue weighted by Gasteiger charge is 2.07. The van der Waals surface area contributed by atoms with Crippen molar-refractivity contribution in [2.45, 2.75) is 13.8 Å². The van der Waals surface area contributed by atoms with Crippen molar-refractivity contribution in [3.8, 4) is 5.75 Å². The number of ether oxygens (including phenoxy) is 2. The maximum atomic E-state index is 11.9. The quantitative estimate of drug-likeness (QED) is 0.624. The van der Waals surface area contributed by atoms with E-state index >= 15 is 0 Å². The first-order chi connectivity index (χ1) is 11.9. The van der Waals surface area contributed by atoms with Crippen molar-refractivity contribution in [3.63, 3.8) is 0 Å². The number of anilines is 1. The minimum absolute atomic E-state index is 0.00654. The Balaban J connectivity index is 1.84. The molecule has 0 aliphatic carbocycles. The van der Waals surface area contributed by atoms with Crippen LogP contribution in [0.4, 0.5) is 10.5 Å². The molecule has 0 heterocycles. The van der Waals surface area contributed by atoms with Gasteiger partial charge in [-0.1, -0.05) is 11.6 Å². The molecule has 0 atom stereocenters. The topological polar surface area (TPSA) is 76.7 Å². The molecule has 0 radical (unpaired) electrons. The fraction of sp³-hybridized carbons (Fsp3) is 0.222. The van der Waals surface area contributed by atoms with Crippen molar-refractivity contribution in [2.24, 2.45) is 0 Å². The van der Waals surface area contributed by atoms with Gasteiger partial charge in [0.2, 0.25) is 0 Å². The van der Waals surface area contributed by atoms with E-state index in [1.807, 2.05) is 13.8 Å². The van der Waals surface area contributed by atoms with E-state index in [9.17, 15) is 9.59 Å². The predicted octanol–water partition coefficient (Wildman–Crippen LogP) is 3.90. The number of nitrogens with one attached hydrogen (secondary N) is 2. The van der Waals surface area contributed by atoms with Gasteiger partial charge in [0.1, 0.15) is 5.75 Å². The molecule has 2 aromatic carbocycles. The van der Waals surface area contributed by atoms with E-state index in [2.05, 4.69) is 15.4 Å². The SMILES string of the molecule is COC(=O)c1ccc(NC(=O)NCOc2cc(C)c(Cl)c(C)c2)cc1.